The largest absolute Gasteiger partial charge is 0.352 e. The Balaban J connectivity index is 1.81. The van der Waals surface area contributed by atoms with Crippen LogP contribution in [0, 0.1) is 0 Å². The molecule has 1 N–H and O–H groups in total. The predicted molar refractivity (Wildman–Crippen MR) is 69.2 cm³/mol. The maximum atomic E-state index is 11.7. The van der Waals surface area contributed by atoms with Crippen LogP contribution in [0.1, 0.15) is 17.1 Å². The van der Waals surface area contributed by atoms with Gasteiger partial charge in [-0.2, -0.15) is 11.8 Å². The summed E-state index contributed by atoms with van der Waals surface area (Å²) in [5.41, 5.74) is 0.853. The van der Waals surface area contributed by atoms with Gasteiger partial charge in [-0.25, -0.2) is 4.98 Å². The third-order valence-corrected chi connectivity index (χ3v) is 4.68. The summed E-state index contributed by atoms with van der Waals surface area (Å²) in [6, 6.07) is 0.352. The second-order valence-corrected chi connectivity index (χ2v) is 6.03. The standard InChI is InChI=1S/C10H13ClN2OS2/c11-4-8-6-16-10(13-8)3-9(14)12-7-1-2-15-5-7/h6-7H,1-5H2,(H,12,14). The van der Waals surface area contributed by atoms with Gasteiger partial charge in [0.25, 0.3) is 0 Å². The van der Waals surface area contributed by atoms with Crippen LogP contribution >= 0.6 is 34.7 Å². The van der Waals surface area contributed by atoms with E-state index >= 15 is 0 Å². The van der Waals surface area contributed by atoms with Crippen LogP contribution in [-0.2, 0) is 17.1 Å². The molecule has 3 nitrogen and oxygen atoms in total. The number of amides is 1. The summed E-state index contributed by atoms with van der Waals surface area (Å²) < 4.78 is 0. The Kier molecular flexibility index (Phi) is 4.49. The van der Waals surface area contributed by atoms with Gasteiger partial charge in [0.15, 0.2) is 0 Å². The van der Waals surface area contributed by atoms with E-state index in [9.17, 15) is 4.79 Å². The molecule has 1 aliphatic rings. The minimum Gasteiger partial charge on any atom is -0.352 e. The van der Waals surface area contributed by atoms with Crippen LogP contribution in [0.2, 0.25) is 0 Å². The van der Waals surface area contributed by atoms with Crippen LogP contribution < -0.4 is 5.32 Å². The third kappa shape index (κ3) is 3.37. The summed E-state index contributed by atoms with van der Waals surface area (Å²) >= 11 is 9.05. The Morgan fingerprint density at radius 3 is 3.19 bits per heavy atom. The van der Waals surface area contributed by atoms with E-state index < -0.39 is 0 Å². The zero-order valence-corrected chi connectivity index (χ0v) is 11.1. The second-order valence-electron chi connectivity index (χ2n) is 3.67. The molecule has 1 amide bonds. The number of carbonyl (C=O) groups is 1. The minimum absolute atomic E-state index is 0.0722. The first-order valence-corrected chi connectivity index (χ1v) is 7.71. The van der Waals surface area contributed by atoms with Crippen molar-refractivity contribution in [3.63, 3.8) is 0 Å². The van der Waals surface area contributed by atoms with E-state index in [2.05, 4.69) is 10.3 Å². The normalized spacial score (nSPS) is 19.9. The number of thioether (sulfide) groups is 1. The van der Waals surface area contributed by atoms with Crippen LogP contribution in [0.5, 0.6) is 0 Å². The first-order valence-electron chi connectivity index (χ1n) is 5.14. The van der Waals surface area contributed by atoms with Gasteiger partial charge in [-0.15, -0.1) is 22.9 Å². The molecule has 0 bridgehead atoms. The van der Waals surface area contributed by atoms with Gasteiger partial charge in [0.1, 0.15) is 5.01 Å². The van der Waals surface area contributed by atoms with Crippen molar-refractivity contribution in [2.24, 2.45) is 0 Å². The van der Waals surface area contributed by atoms with Gasteiger partial charge in [0.05, 0.1) is 18.0 Å². The van der Waals surface area contributed by atoms with Crippen molar-refractivity contribution < 1.29 is 4.79 Å². The van der Waals surface area contributed by atoms with Crippen molar-refractivity contribution in [3.8, 4) is 0 Å². The van der Waals surface area contributed by atoms with Gasteiger partial charge < -0.3 is 5.32 Å². The number of carbonyl (C=O) groups excluding carboxylic acids is 1. The number of nitrogens with zero attached hydrogens (tertiary/aromatic N) is 1. The van der Waals surface area contributed by atoms with Crippen molar-refractivity contribution in [2.45, 2.75) is 24.8 Å². The van der Waals surface area contributed by atoms with E-state index in [4.69, 9.17) is 11.6 Å². The van der Waals surface area contributed by atoms with Crippen molar-refractivity contribution in [1.29, 1.82) is 0 Å². The molecule has 0 aromatic carbocycles. The molecule has 1 saturated heterocycles. The molecule has 16 heavy (non-hydrogen) atoms. The molecule has 1 fully saturated rings. The molecule has 1 atom stereocenters. The second kappa shape index (κ2) is 5.89. The van der Waals surface area contributed by atoms with Crippen LogP contribution in [-0.4, -0.2) is 28.4 Å². The Bertz CT molecular complexity index is 363. The molecule has 0 saturated carbocycles. The van der Waals surface area contributed by atoms with Crippen LogP contribution in [0.3, 0.4) is 0 Å². The van der Waals surface area contributed by atoms with E-state index in [1.807, 2.05) is 17.1 Å². The van der Waals surface area contributed by atoms with Crippen LogP contribution in [0.15, 0.2) is 5.38 Å². The molecular formula is C10H13ClN2OS2. The Morgan fingerprint density at radius 1 is 1.69 bits per heavy atom. The van der Waals surface area contributed by atoms with E-state index in [1.165, 1.54) is 11.3 Å². The number of rotatable bonds is 4. The molecule has 1 aromatic heterocycles. The number of hydrogen-bond donors (Lipinski definition) is 1. The molecule has 2 heterocycles. The van der Waals surface area contributed by atoms with E-state index in [-0.39, 0.29) is 5.91 Å². The van der Waals surface area contributed by atoms with Gasteiger partial charge in [-0.05, 0) is 12.2 Å². The molecule has 6 heteroatoms. The Labute approximate surface area is 108 Å². The summed E-state index contributed by atoms with van der Waals surface area (Å²) in [5.74, 6) is 2.68. The smallest absolute Gasteiger partial charge is 0.227 e. The van der Waals surface area contributed by atoms with Gasteiger partial charge in [0.2, 0.25) is 5.91 Å². The monoisotopic (exact) mass is 276 g/mol. The number of alkyl halides is 1. The summed E-state index contributed by atoms with van der Waals surface area (Å²) in [4.78, 5) is 15.9. The zero-order valence-electron chi connectivity index (χ0n) is 8.74. The van der Waals surface area contributed by atoms with Gasteiger partial charge >= 0.3 is 0 Å². The lowest BCUT2D eigenvalue weighted by Gasteiger charge is -2.09. The number of halogens is 1. The van der Waals surface area contributed by atoms with Crippen LogP contribution in [0.25, 0.3) is 0 Å². The Morgan fingerprint density at radius 2 is 2.56 bits per heavy atom. The maximum Gasteiger partial charge on any atom is 0.227 e. The molecule has 0 radical (unpaired) electrons. The average Bonchev–Trinajstić information content (AvgIpc) is 2.89. The highest BCUT2D eigenvalue weighted by Crippen LogP contribution is 2.17. The quantitative estimate of drug-likeness (QED) is 0.856. The molecule has 2 rings (SSSR count). The number of aromatic nitrogens is 1. The fourth-order valence-corrected chi connectivity index (χ4v) is 3.73. The molecule has 1 unspecified atom stereocenters. The highest BCUT2D eigenvalue weighted by Gasteiger charge is 2.18. The summed E-state index contributed by atoms with van der Waals surface area (Å²) in [6.07, 6.45) is 1.46. The molecule has 0 spiro atoms. The van der Waals surface area contributed by atoms with E-state index in [0.717, 1.165) is 28.6 Å². The summed E-state index contributed by atoms with van der Waals surface area (Å²) in [7, 11) is 0. The summed E-state index contributed by atoms with van der Waals surface area (Å²) in [5, 5.41) is 5.78. The highest BCUT2D eigenvalue weighted by atomic mass is 35.5. The van der Waals surface area contributed by atoms with Crippen LogP contribution in [0.4, 0.5) is 0 Å². The molecule has 88 valence electrons. The number of hydrogen-bond acceptors (Lipinski definition) is 4. The van der Waals surface area contributed by atoms with Crippen molar-refractivity contribution >= 4 is 40.6 Å². The van der Waals surface area contributed by atoms with Gasteiger partial charge in [0, 0.05) is 17.2 Å². The van der Waals surface area contributed by atoms with Crippen molar-refractivity contribution in [3.05, 3.63) is 16.1 Å². The highest BCUT2D eigenvalue weighted by molar-refractivity contribution is 7.99. The molecular weight excluding hydrogens is 264 g/mol. The average molecular weight is 277 g/mol. The molecule has 1 aliphatic heterocycles. The van der Waals surface area contributed by atoms with Gasteiger partial charge in [-0.1, -0.05) is 0 Å². The fraction of sp³-hybridized carbons (Fsp3) is 0.600. The fourth-order valence-electron chi connectivity index (χ4n) is 1.56. The van der Waals surface area contributed by atoms with E-state index in [0.29, 0.717) is 18.3 Å². The lowest BCUT2D eigenvalue weighted by Crippen LogP contribution is -2.35. The summed E-state index contributed by atoms with van der Waals surface area (Å²) in [6.45, 7) is 0. The SMILES string of the molecule is O=C(Cc1nc(CCl)cs1)NC1CCSC1. The first kappa shape index (κ1) is 12.2. The first-order chi connectivity index (χ1) is 7.78. The van der Waals surface area contributed by atoms with E-state index in [1.54, 1.807) is 0 Å². The zero-order chi connectivity index (χ0) is 11.4. The van der Waals surface area contributed by atoms with Crippen molar-refractivity contribution in [2.75, 3.05) is 11.5 Å². The third-order valence-electron chi connectivity index (χ3n) is 2.34. The number of nitrogens with one attached hydrogen (secondary N) is 1. The lowest BCUT2D eigenvalue weighted by molar-refractivity contribution is -0.120. The topological polar surface area (TPSA) is 42.0 Å². The minimum atomic E-state index is 0.0722. The Hall–Kier alpha value is -0.260. The molecule has 0 aliphatic carbocycles. The molecule has 1 aromatic rings. The van der Waals surface area contributed by atoms with Crippen molar-refractivity contribution in [1.82, 2.24) is 10.3 Å². The van der Waals surface area contributed by atoms with Gasteiger partial charge in [-0.3, -0.25) is 4.79 Å². The maximum absolute atomic E-state index is 11.7. The predicted octanol–water partition coefficient (Wildman–Crippen LogP) is 2.05. The number of thiazole rings is 1. The lowest BCUT2D eigenvalue weighted by atomic mass is 10.2.